The first-order chi connectivity index (χ1) is 11.5. The summed E-state index contributed by atoms with van der Waals surface area (Å²) in [6, 6.07) is 10.2. The Bertz CT molecular complexity index is 539. The van der Waals surface area contributed by atoms with E-state index in [-0.39, 0.29) is 23.8 Å². The van der Waals surface area contributed by atoms with Crippen molar-refractivity contribution in [3.8, 4) is 0 Å². The van der Waals surface area contributed by atoms with E-state index in [1.54, 1.807) is 0 Å². The van der Waals surface area contributed by atoms with Gasteiger partial charge in [0.15, 0.2) is 6.04 Å². The standard InChI is InChI=1S/C19H29N3O2/c1-3-15(16-7-5-4-6-8-16)13-21-19(24)14(2)22-11-9-17(10-12-22)18(20)23/h4-8,14-15,17H,3,9-13H2,1-2H3,(H2,20,23)(H,21,24)/p+1/t14-,15+/m0/s1. The fourth-order valence-electron chi connectivity index (χ4n) is 3.49. The highest BCUT2D eigenvalue weighted by molar-refractivity contribution is 5.80. The molecule has 2 rings (SSSR count). The van der Waals surface area contributed by atoms with Crippen molar-refractivity contribution in [3.05, 3.63) is 35.9 Å². The average molecular weight is 332 g/mol. The highest BCUT2D eigenvalue weighted by atomic mass is 16.2. The van der Waals surface area contributed by atoms with E-state index in [4.69, 9.17) is 5.73 Å². The Balaban J connectivity index is 1.82. The van der Waals surface area contributed by atoms with Crippen molar-refractivity contribution in [1.29, 1.82) is 0 Å². The zero-order valence-corrected chi connectivity index (χ0v) is 14.8. The molecule has 5 heteroatoms. The van der Waals surface area contributed by atoms with E-state index < -0.39 is 0 Å². The van der Waals surface area contributed by atoms with Gasteiger partial charge in [0.05, 0.1) is 13.1 Å². The number of amides is 2. The van der Waals surface area contributed by atoms with Gasteiger partial charge in [-0.15, -0.1) is 0 Å². The summed E-state index contributed by atoms with van der Waals surface area (Å²) >= 11 is 0. The van der Waals surface area contributed by atoms with E-state index in [2.05, 4.69) is 24.4 Å². The van der Waals surface area contributed by atoms with Gasteiger partial charge < -0.3 is 16.0 Å². The van der Waals surface area contributed by atoms with Crippen LogP contribution in [0.5, 0.6) is 0 Å². The van der Waals surface area contributed by atoms with Gasteiger partial charge in [-0.25, -0.2) is 0 Å². The SMILES string of the molecule is CC[C@H](CNC(=O)[C@H](C)[NH+]1CCC(C(N)=O)CC1)c1ccccc1. The maximum atomic E-state index is 12.5. The van der Waals surface area contributed by atoms with Gasteiger partial charge in [-0.3, -0.25) is 9.59 Å². The average Bonchev–Trinajstić information content (AvgIpc) is 2.62. The lowest BCUT2D eigenvalue weighted by Gasteiger charge is -2.31. The summed E-state index contributed by atoms with van der Waals surface area (Å²) in [6.45, 7) is 6.45. The molecule has 1 fully saturated rings. The highest BCUT2D eigenvalue weighted by Crippen LogP contribution is 2.17. The molecule has 1 heterocycles. The third-order valence-electron chi connectivity index (χ3n) is 5.32. The number of nitrogens with two attached hydrogens (primary N) is 1. The van der Waals surface area contributed by atoms with Crippen LogP contribution in [0.4, 0.5) is 0 Å². The minimum absolute atomic E-state index is 0.0217. The number of piperidine rings is 1. The first kappa shape index (κ1) is 18.5. The lowest BCUT2D eigenvalue weighted by atomic mass is 9.95. The van der Waals surface area contributed by atoms with Crippen LogP contribution in [0.1, 0.15) is 44.6 Å². The molecule has 5 nitrogen and oxygen atoms in total. The smallest absolute Gasteiger partial charge is 0.278 e. The van der Waals surface area contributed by atoms with Gasteiger partial charge in [0, 0.05) is 31.2 Å². The largest absolute Gasteiger partial charge is 0.369 e. The van der Waals surface area contributed by atoms with E-state index in [1.807, 2.05) is 25.1 Å². The number of carbonyl (C=O) groups excluding carboxylic acids is 2. The number of benzene rings is 1. The van der Waals surface area contributed by atoms with Crippen LogP contribution in [0.15, 0.2) is 30.3 Å². The minimum atomic E-state index is -0.209. The van der Waals surface area contributed by atoms with Crippen molar-refractivity contribution >= 4 is 11.8 Å². The fraction of sp³-hybridized carbons (Fsp3) is 0.579. The summed E-state index contributed by atoms with van der Waals surface area (Å²) < 4.78 is 0. The van der Waals surface area contributed by atoms with Crippen LogP contribution in [0.25, 0.3) is 0 Å². The van der Waals surface area contributed by atoms with Crippen LogP contribution >= 0.6 is 0 Å². The normalized spacial score (nSPS) is 23.2. The summed E-state index contributed by atoms with van der Waals surface area (Å²) in [7, 11) is 0. The van der Waals surface area contributed by atoms with Gasteiger partial charge in [0.25, 0.3) is 5.91 Å². The molecule has 1 saturated heterocycles. The summed E-state index contributed by atoms with van der Waals surface area (Å²) in [5, 5.41) is 3.11. The van der Waals surface area contributed by atoms with Crippen molar-refractivity contribution in [1.82, 2.24) is 5.32 Å². The summed E-state index contributed by atoms with van der Waals surface area (Å²) in [5.41, 5.74) is 6.64. The highest BCUT2D eigenvalue weighted by Gasteiger charge is 2.32. The number of hydrogen-bond donors (Lipinski definition) is 3. The molecule has 0 aromatic heterocycles. The Kier molecular flexibility index (Phi) is 6.79. The van der Waals surface area contributed by atoms with Crippen molar-refractivity contribution in [3.63, 3.8) is 0 Å². The van der Waals surface area contributed by atoms with Crippen molar-refractivity contribution in [2.24, 2.45) is 11.7 Å². The molecule has 1 aliphatic heterocycles. The topological polar surface area (TPSA) is 76.6 Å². The predicted molar refractivity (Wildman–Crippen MR) is 94.6 cm³/mol. The van der Waals surface area contributed by atoms with E-state index in [0.717, 1.165) is 32.4 Å². The second kappa shape index (κ2) is 8.83. The molecule has 24 heavy (non-hydrogen) atoms. The summed E-state index contributed by atoms with van der Waals surface area (Å²) in [6.07, 6.45) is 2.56. The molecule has 0 bridgehead atoms. The van der Waals surface area contributed by atoms with Crippen LogP contribution in [0.2, 0.25) is 0 Å². The van der Waals surface area contributed by atoms with Crippen LogP contribution in [-0.4, -0.2) is 37.5 Å². The van der Waals surface area contributed by atoms with Gasteiger partial charge >= 0.3 is 0 Å². The molecule has 4 N–H and O–H groups in total. The van der Waals surface area contributed by atoms with E-state index >= 15 is 0 Å². The molecular formula is C19H30N3O2+. The molecule has 2 atom stereocenters. The summed E-state index contributed by atoms with van der Waals surface area (Å²) in [5.74, 6) is 0.209. The van der Waals surface area contributed by atoms with Crippen LogP contribution < -0.4 is 16.0 Å². The Hall–Kier alpha value is -1.88. The van der Waals surface area contributed by atoms with Gasteiger partial charge in [-0.2, -0.15) is 0 Å². The lowest BCUT2D eigenvalue weighted by Crippen LogP contribution is -3.17. The van der Waals surface area contributed by atoms with E-state index in [0.29, 0.717) is 12.5 Å². The van der Waals surface area contributed by atoms with Gasteiger partial charge in [0.1, 0.15) is 0 Å². The maximum Gasteiger partial charge on any atom is 0.278 e. The van der Waals surface area contributed by atoms with Gasteiger partial charge in [-0.05, 0) is 18.9 Å². The first-order valence-corrected chi connectivity index (χ1v) is 8.99. The third-order valence-corrected chi connectivity index (χ3v) is 5.32. The molecule has 0 saturated carbocycles. The Labute approximate surface area is 144 Å². The first-order valence-electron chi connectivity index (χ1n) is 8.99. The lowest BCUT2D eigenvalue weighted by molar-refractivity contribution is -0.919. The van der Waals surface area contributed by atoms with Gasteiger partial charge in [-0.1, -0.05) is 37.3 Å². The number of hydrogen-bond acceptors (Lipinski definition) is 2. The van der Waals surface area contributed by atoms with Crippen LogP contribution in [-0.2, 0) is 9.59 Å². The Morgan fingerprint density at radius 2 is 1.88 bits per heavy atom. The Morgan fingerprint density at radius 3 is 2.42 bits per heavy atom. The van der Waals surface area contributed by atoms with E-state index in [9.17, 15) is 9.59 Å². The molecule has 2 amide bonds. The minimum Gasteiger partial charge on any atom is -0.369 e. The summed E-state index contributed by atoms with van der Waals surface area (Å²) in [4.78, 5) is 25.0. The molecule has 1 aromatic carbocycles. The number of likely N-dealkylation sites (tertiary alicyclic amines) is 1. The second-order valence-corrected chi connectivity index (χ2v) is 6.82. The monoisotopic (exact) mass is 332 g/mol. The zero-order chi connectivity index (χ0) is 17.5. The molecule has 0 aliphatic carbocycles. The number of nitrogens with one attached hydrogen (secondary N) is 2. The molecule has 0 spiro atoms. The second-order valence-electron chi connectivity index (χ2n) is 6.82. The molecule has 0 unspecified atom stereocenters. The van der Waals surface area contributed by atoms with Gasteiger partial charge in [0.2, 0.25) is 5.91 Å². The van der Waals surface area contributed by atoms with Crippen molar-refractivity contribution in [2.75, 3.05) is 19.6 Å². The third kappa shape index (κ3) is 4.81. The number of rotatable bonds is 7. The molecule has 0 radical (unpaired) electrons. The molecular weight excluding hydrogens is 302 g/mol. The number of quaternary nitrogens is 1. The van der Waals surface area contributed by atoms with Crippen LogP contribution in [0, 0.1) is 5.92 Å². The zero-order valence-electron chi connectivity index (χ0n) is 14.8. The quantitative estimate of drug-likeness (QED) is 0.679. The van der Waals surface area contributed by atoms with E-state index in [1.165, 1.54) is 10.5 Å². The Morgan fingerprint density at radius 1 is 1.25 bits per heavy atom. The number of carbonyl (C=O) groups is 2. The number of primary amides is 1. The molecule has 132 valence electrons. The molecule has 1 aromatic rings. The van der Waals surface area contributed by atoms with Crippen molar-refractivity contribution < 1.29 is 14.5 Å². The predicted octanol–water partition coefficient (Wildman–Crippen LogP) is 0.465. The molecule has 1 aliphatic rings. The fourth-order valence-corrected chi connectivity index (χ4v) is 3.49. The maximum absolute atomic E-state index is 12.5. The van der Waals surface area contributed by atoms with Crippen LogP contribution in [0.3, 0.4) is 0 Å². The van der Waals surface area contributed by atoms with Crippen molar-refractivity contribution in [2.45, 2.75) is 45.1 Å².